The van der Waals surface area contributed by atoms with Crippen LogP contribution in [0.15, 0.2) is 163 Å². The van der Waals surface area contributed by atoms with Crippen molar-refractivity contribution in [2.75, 3.05) is 0 Å². The highest BCUT2D eigenvalue weighted by molar-refractivity contribution is 7.20. The van der Waals surface area contributed by atoms with Crippen molar-refractivity contribution in [2.24, 2.45) is 4.99 Å². The molecule has 4 nitrogen and oxygen atoms in total. The van der Waals surface area contributed by atoms with Gasteiger partial charge < -0.3 is 9.13 Å². The Bertz CT molecular complexity index is 3030. The van der Waals surface area contributed by atoms with Gasteiger partial charge in [-0.3, -0.25) is 4.99 Å². The number of hydrogen-bond donors (Lipinski definition) is 0. The Hall–Kier alpha value is -6.56. The van der Waals surface area contributed by atoms with E-state index in [1.54, 1.807) is 11.3 Å². The molecular formula is C47H32N4S. The quantitative estimate of drug-likeness (QED) is 0.161. The molecular weight excluding hydrogens is 653 g/mol. The summed E-state index contributed by atoms with van der Waals surface area (Å²) in [5.74, 6) is 0. The van der Waals surface area contributed by atoms with Crippen molar-refractivity contribution in [2.45, 2.75) is 6.92 Å². The van der Waals surface area contributed by atoms with Gasteiger partial charge in [-0.25, -0.2) is 4.98 Å². The fraction of sp³-hybridized carbons (Fsp3) is 0.0213. The van der Waals surface area contributed by atoms with Crippen molar-refractivity contribution in [3.63, 3.8) is 0 Å². The Kier molecular flexibility index (Phi) is 7.01. The monoisotopic (exact) mass is 684 g/mol. The predicted octanol–water partition coefficient (Wildman–Crippen LogP) is 13.1. The summed E-state index contributed by atoms with van der Waals surface area (Å²) in [6.07, 6.45) is 2.25. The van der Waals surface area contributed by atoms with Crippen molar-refractivity contribution in [1.29, 1.82) is 0 Å². The smallest absolute Gasteiger partial charge is 0.108 e. The fourth-order valence-corrected chi connectivity index (χ4v) is 8.94. The molecule has 0 aliphatic heterocycles. The molecule has 0 aliphatic carbocycles. The average Bonchev–Trinajstić information content (AvgIpc) is 3.85. The topological polar surface area (TPSA) is 35.1 Å². The Morgan fingerprint density at radius 3 is 1.96 bits per heavy atom. The summed E-state index contributed by atoms with van der Waals surface area (Å²) in [5.41, 5.74) is 13.0. The molecule has 0 amide bonds. The minimum atomic E-state index is 0.816. The van der Waals surface area contributed by atoms with Gasteiger partial charge in [0, 0.05) is 44.0 Å². The molecule has 0 saturated heterocycles. The molecule has 246 valence electrons. The minimum Gasteiger partial charge on any atom is -0.309 e. The molecule has 0 fully saturated rings. The molecule has 5 heteroatoms. The van der Waals surface area contributed by atoms with Gasteiger partial charge in [0.05, 0.1) is 37.3 Å². The normalized spacial score (nSPS) is 12.1. The van der Waals surface area contributed by atoms with E-state index in [9.17, 15) is 0 Å². The van der Waals surface area contributed by atoms with Crippen LogP contribution in [0.2, 0.25) is 0 Å². The number of thiophene rings is 1. The summed E-state index contributed by atoms with van der Waals surface area (Å²) in [5, 5.41) is 4.93. The van der Waals surface area contributed by atoms with Gasteiger partial charge in [-0.15, -0.1) is 11.3 Å². The van der Waals surface area contributed by atoms with Crippen LogP contribution in [-0.4, -0.2) is 20.8 Å². The molecule has 0 saturated carbocycles. The van der Waals surface area contributed by atoms with Crippen molar-refractivity contribution < 1.29 is 0 Å². The van der Waals surface area contributed by atoms with Crippen LogP contribution in [-0.2, 0) is 0 Å². The molecule has 0 aliphatic rings. The first-order valence-electron chi connectivity index (χ1n) is 17.4. The van der Waals surface area contributed by atoms with Crippen LogP contribution >= 0.6 is 11.3 Å². The lowest BCUT2D eigenvalue weighted by Gasteiger charge is -2.12. The number of para-hydroxylation sites is 5. The first-order valence-corrected chi connectivity index (χ1v) is 18.2. The highest BCUT2D eigenvalue weighted by atomic mass is 32.1. The summed E-state index contributed by atoms with van der Waals surface area (Å²) >= 11 is 1.71. The maximum absolute atomic E-state index is 5.25. The van der Waals surface area contributed by atoms with Gasteiger partial charge in [0.1, 0.15) is 11.2 Å². The third-order valence-electron chi connectivity index (χ3n) is 10.2. The van der Waals surface area contributed by atoms with Gasteiger partial charge in [0.15, 0.2) is 0 Å². The van der Waals surface area contributed by atoms with E-state index in [0.29, 0.717) is 0 Å². The van der Waals surface area contributed by atoms with Crippen LogP contribution in [0.5, 0.6) is 0 Å². The zero-order valence-corrected chi connectivity index (χ0v) is 29.3. The van der Waals surface area contributed by atoms with Gasteiger partial charge in [0.2, 0.25) is 0 Å². The van der Waals surface area contributed by atoms with Crippen LogP contribution in [0.1, 0.15) is 17.4 Å². The minimum absolute atomic E-state index is 0.816. The number of rotatable bonds is 6. The number of hydrogen-bond acceptors (Lipinski definition) is 3. The number of aliphatic imine (C=N–C) groups is 1. The number of nitrogens with zero attached hydrogens (tertiary/aromatic N) is 4. The van der Waals surface area contributed by atoms with E-state index in [1.807, 2.05) is 0 Å². The third kappa shape index (κ3) is 4.67. The Labute approximate surface area is 304 Å². The summed E-state index contributed by atoms with van der Waals surface area (Å²) in [6.45, 7) is 6.21. The van der Waals surface area contributed by atoms with E-state index in [-0.39, 0.29) is 0 Å². The zero-order chi connectivity index (χ0) is 34.8. The maximum Gasteiger partial charge on any atom is 0.108 e. The Morgan fingerprint density at radius 1 is 0.615 bits per heavy atom. The largest absolute Gasteiger partial charge is 0.309 e. The van der Waals surface area contributed by atoms with Crippen molar-refractivity contribution in [3.8, 4) is 22.6 Å². The van der Waals surface area contributed by atoms with Crippen molar-refractivity contribution >= 4 is 89.2 Å². The molecule has 0 radical (unpaired) electrons. The Balaban J connectivity index is 1.11. The summed E-state index contributed by atoms with van der Waals surface area (Å²) in [7, 11) is 0. The van der Waals surface area contributed by atoms with Gasteiger partial charge >= 0.3 is 0 Å². The highest BCUT2D eigenvalue weighted by Crippen LogP contribution is 2.42. The summed E-state index contributed by atoms with van der Waals surface area (Å²) in [4.78, 5) is 10.9. The van der Waals surface area contributed by atoms with E-state index in [4.69, 9.17) is 4.98 Å². The molecule has 6 aromatic carbocycles. The molecule has 4 heterocycles. The van der Waals surface area contributed by atoms with E-state index >= 15 is 0 Å². The molecule has 52 heavy (non-hydrogen) atoms. The molecule has 10 rings (SSSR count). The molecule has 0 atom stereocenters. The summed E-state index contributed by atoms with van der Waals surface area (Å²) in [6, 6.07) is 56.0. The molecule has 0 bridgehead atoms. The average molecular weight is 685 g/mol. The number of fused-ring (bicyclic) bond motifs is 7. The number of allylic oxidation sites excluding steroid dienone is 1. The second-order valence-corrected chi connectivity index (χ2v) is 14.2. The SMILES string of the molecule is C=Nc1c(/C=C(\C)c2cccc3c4ccccc4n(-c4ccccc4)c23)sc2ccc(-c3ccc4c5ccccc5n(-c5ccccc5)c4c3)nc12. The molecule has 0 spiro atoms. The van der Waals surface area contributed by atoms with Crippen molar-refractivity contribution in [3.05, 3.63) is 168 Å². The number of benzene rings is 6. The van der Waals surface area contributed by atoms with Gasteiger partial charge in [-0.1, -0.05) is 103 Å². The van der Waals surface area contributed by atoms with Crippen LogP contribution in [0.3, 0.4) is 0 Å². The van der Waals surface area contributed by atoms with Crippen molar-refractivity contribution in [1.82, 2.24) is 14.1 Å². The van der Waals surface area contributed by atoms with E-state index < -0.39 is 0 Å². The first kappa shape index (κ1) is 30.3. The standard InChI is InChI=1S/C47H32N4S/c1-30(34-20-13-21-38-36-19-10-12-23-41(36)51(47(34)38)33-16-7-4-8-17-33)28-44-45(48-2)46-43(52-44)27-26-39(49-46)31-24-25-37-35-18-9-11-22-40(35)50(42(37)29-31)32-14-5-3-6-15-32/h3-29H,2H2,1H3/b30-28+. The van der Waals surface area contributed by atoms with E-state index in [1.165, 1.54) is 43.7 Å². The number of aromatic nitrogens is 3. The molecule has 0 N–H and O–H groups in total. The molecule has 10 aromatic rings. The highest BCUT2D eigenvalue weighted by Gasteiger charge is 2.19. The van der Waals surface area contributed by atoms with Crippen LogP contribution in [0.25, 0.3) is 88.1 Å². The van der Waals surface area contributed by atoms with E-state index in [2.05, 4.69) is 192 Å². The summed E-state index contributed by atoms with van der Waals surface area (Å²) < 4.78 is 5.81. The predicted molar refractivity (Wildman–Crippen MR) is 223 cm³/mol. The fourth-order valence-electron chi connectivity index (χ4n) is 7.83. The lowest BCUT2D eigenvalue weighted by molar-refractivity contribution is 1.18. The van der Waals surface area contributed by atoms with Crippen LogP contribution < -0.4 is 0 Å². The zero-order valence-electron chi connectivity index (χ0n) is 28.5. The number of pyridine rings is 1. The van der Waals surface area contributed by atoms with Crippen LogP contribution in [0.4, 0.5) is 5.69 Å². The van der Waals surface area contributed by atoms with Gasteiger partial charge in [-0.05, 0) is 79.9 Å². The van der Waals surface area contributed by atoms with Gasteiger partial charge in [-0.2, -0.15) is 0 Å². The molecule has 0 unspecified atom stereocenters. The maximum atomic E-state index is 5.25. The second-order valence-electron chi connectivity index (χ2n) is 13.2. The van der Waals surface area contributed by atoms with Crippen LogP contribution in [0, 0.1) is 0 Å². The molecule has 4 aromatic heterocycles. The lowest BCUT2D eigenvalue weighted by Crippen LogP contribution is -1.96. The second kappa shape index (κ2) is 12.0. The van der Waals surface area contributed by atoms with Gasteiger partial charge in [0.25, 0.3) is 0 Å². The lowest BCUT2D eigenvalue weighted by atomic mass is 10.0. The third-order valence-corrected chi connectivity index (χ3v) is 11.2. The van der Waals surface area contributed by atoms with E-state index in [0.717, 1.165) is 54.5 Å². The first-order chi connectivity index (χ1) is 25.7. The Morgan fingerprint density at radius 2 is 1.23 bits per heavy atom.